The van der Waals surface area contributed by atoms with Gasteiger partial charge in [-0.1, -0.05) is 0 Å². The van der Waals surface area contributed by atoms with E-state index in [9.17, 15) is 18.0 Å². The molecule has 0 atom stereocenters. The molecular weight excluding hydrogens is 318 g/mol. The first-order chi connectivity index (χ1) is 10.6. The van der Waals surface area contributed by atoms with Crippen molar-refractivity contribution in [1.29, 1.82) is 0 Å². The summed E-state index contributed by atoms with van der Waals surface area (Å²) >= 11 is 0. The average Bonchev–Trinajstić information content (AvgIpc) is 2.70. The minimum absolute atomic E-state index is 0.0126. The lowest BCUT2D eigenvalue weighted by Gasteiger charge is -2.17. The van der Waals surface area contributed by atoms with Crippen LogP contribution in [0.25, 0.3) is 0 Å². The van der Waals surface area contributed by atoms with Crippen LogP contribution in [0.2, 0.25) is 0 Å². The van der Waals surface area contributed by atoms with Crippen LogP contribution in [0.1, 0.15) is 31.4 Å². The van der Waals surface area contributed by atoms with Crippen LogP contribution in [0.15, 0.2) is 17.0 Å². The summed E-state index contributed by atoms with van der Waals surface area (Å²) in [5.41, 5.74) is 1.24. The molecule has 0 fully saturated rings. The zero-order valence-electron chi connectivity index (χ0n) is 13.6. The van der Waals surface area contributed by atoms with E-state index in [1.807, 2.05) is 0 Å². The molecule has 0 aliphatic carbocycles. The van der Waals surface area contributed by atoms with E-state index in [2.05, 4.69) is 15.4 Å². The molecule has 0 saturated heterocycles. The Kier molecular flexibility index (Phi) is 4.50. The van der Waals surface area contributed by atoms with Gasteiger partial charge in [-0.15, -0.1) is 0 Å². The molecule has 0 spiro atoms. The highest BCUT2D eigenvalue weighted by Gasteiger charge is 2.40. The van der Waals surface area contributed by atoms with Gasteiger partial charge < -0.3 is 10.6 Å². The second-order valence-corrected chi connectivity index (χ2v) is 7.83. The molecule has 1 aliphatic heterocycles. The minimum atomic E-state index is -3.74. The Morgan fingerprint density at radius 1 is 1.30 bits per heavy atom. The van der Waals surface area contributed by atoms with Crippen LogP contribution in [0.5, 0.6) is 0 Å². The number of carbonyl (C=O) groups excluding carboxylic acids is 2. The van der Waals surface area contributed by atoms with E-state index in [0.717, 1.165) is 0 Å². The molecule has 0 bridgehead atoms. The second-order valence-electron chi connectivity index (χ2n) is 6.06. The highest BCUT2D eigenvalue weighted by atomic mass is 32.2. The lowest BCUT2D eigenvalue weighted by atomic mass is 9.85. The molecule has 0 unspecified atom stereocenters. The second kappa shape index (κ2) is 5.93. The van der Waals surface area contributed by atoms with Gasteiger partial charge in [-0.05, 0) is 44.0 Å². The van der Waals surface area contributed by atoms with Gasteiger partial charge in [0.2, 0.25) is 21.8 Å². The SMILES string of the molecule is CNC(=O)CCNS(=O)(=O)c1cc(C)c2c(c1)C(C)(C)C(=O)N2. The lowest BCUT2D eigenvalue weighted by molar-refractivity contribution is -0.120. The Labute approximate surface area is 135 Å². The summed E-state index contributed by atoms with van der Waals surface area (Å²) in [6.07, 6.45) is 0.0607. The predicted molar refractivity (Wildman–Crippen MR) is 86.7 cm³/mol. The maximum atomic E-state index is 12.4. The van der Waals surface area contributed by atoms with Gasteiger partial charge in [-0.2, -0.15) is 0 Å². The summed E-state index contributed by atoms with van der Waals surface area (Å²) < 4.78 is 27.2. The van der Waals surface area contributed by atoms with Crippen molar-refractivity contribution < 1.29 is 18.0 Å². The van der Waals surface area contributed by atoms with Crippen LogP contribution in [0.3, 0.4) is 0 Å². The van der Waals surface area contributed by atoms with Gasteiger partial charge >= 0.3 is 0 Å². The first-order valence-corrected chi connectivity index (χ1v) is 8.74. The average molecular weight is 339 g/mol. The highest BCUT2D eigenvalue weighted by molar-refractivity contribution is 7.89. The number of rotatable bonds is 5. The van der Waals surface area contributed by atoms with Gasteiger partial charge in [0.05, 0.1) is 10.3 Å². The summed E-state index contributed by atoms with van der Waals surface area (Å²) in [5, 5.41) is 5.22. The Morgan fingerprint density at radius 3 is 2.57 bits per heavy atom. The summed E-state index contributed by atoms with van der Waals surface area (Å²) in [6, 6.07) is 3.03. The van der Waals surface area contributed by atoms with Crippen molar-refractivity contribution in [1.82, 2.24) is 10.0 Å². The van der Waals surface area contributed by atoms with E-state index >= 15 is 0 Å². The third-order valence-electron chi connectivity index (χ3n) is 4.02. The van der Waals surface area contributed by atoms with Gasteiger partial charge in [-0.3, -0.25) is 9.59 Å². The van der Waals surface area contributed by atoms with Crippen LogP contribution in [-0.4, -0.2) is 33.8 Å². The Morgan fingerprint density at radius 2 is 1.96 bits per heavy atom. The molecule has 126 valence electrons. The Hall–Kier alpha value is -1.93. The summed E-state index contributed by atoms with van der Waals surface area (Å²) in [4.78, 5) is 23.3. The number of sulfonamides is 1. The highest BCUT2D eigenvalue weighted by Crippen LogP contribution is 2.40. The molecule has 0 aromatic heterocycles. The number of amides is 2. The van der Waals surface area contributed by atoms with E-state index in [1.165, 1.54) is 19.2 Å². The monoisotopic (exact) mass is 339 g/mol. The molecule has 23 heavy (non-hydrogen) atoms. The van der Waals surface area contributed by atoms with E-state index in [4.69, 9.17) is 0 Å². The van der Waals surface area contributed by atoms with Gasteiger partial charge in [0.25, 0.3) is 0 Å². The first-order valence-electron chi connectivity index (χ1n) is 7.26. The Balaban J connectivity index is 2.31. The van der Waals surface area contributed by atoms with Gasteiger partial charge in [0, 0.05) is 25.7 Å². The van der Waals surface area contributed by atoms with Crippen molar-refractivity contribution in [3.63, 3.8) is 0 Å². The molecule has 1 heterocycles. The van der Waals surface area contributed by atoms with E-state index in [1.54, 1.807) is 20.8 Å². The van der Waals surface area contributed by atoms with E-state index < -0.39 is 15.4 Å². The standard InChI is InChI=1S/C15H21N3O4S/c1-9-7-10(23(21,22)17-6-5-12(19)16-4)8-11-13(9)18-14(20)15(11,2)3/h7-8,17H,5-6H2,1-4H3,(H,16,19)(H,18,20). The van der Waals surface area contributed by atoms with Crippen LogP contribution in [0, 0.1) is 6.92 Å². The van der Waals surface area contributed by atoms with E-state index in [0.29, 0.717) is 16.8 Å². The van der Waals surface area contributed by atoms with Crippen LogP contribution in [0.4, 0.5) is 5.69 Å². The van der Waals surface area contributed by atoms with Crippen molar-refractivity contribution >= 4 is 27.5 Å². The zero-order valence-corrected chi connectivity index (χ0v) is 14.4. The predicted octanol–water partition coefficient (Wildman–Crippen LogP) is 0.639. The molecule has 2 amide bonds. The number of nitrogens with one attached hydrogen (secondary N) is 3. The van der Waals surface area contributed by atoms with Crippen molar-refractivity contribution in [2.24, 2.45) is 0 Å². The number of fused-ring (bicyclic) bond motifs is 1. The van der Waals surface area contributed by atoms with Gasteiger partial charge in [0.1, 0.15) is 0 Å². The number of hydrogen-bond acceptors (Lipinski definition) is 4. The third-order valence-corrected chi connectivity index (χ3v) is 5.46. The van der Waals surface area contributed by atoms with Crippen LogP contribution < -0.4 is 15.4 Å². The minimum Gasteiger partial charge on any atom is -0.359 e. The van der Waals surface area contributed by atoms with Crippen molar-refractivity contribution in [2.45, 2.75) is 37.5 Å². The fraction of sp³-hybridized carbons (Fsp3) is 0.467. The molecule has 2 rings (SSSR count). The molecule has 1 aromatic carbocycles. The summed E-state index contributed by atoms with van der Waals surface area (Å²) in [7, 11) is -2.25. The first kappa shape index (κ1) is 17.4. The van der Waals surface area contributed by atoms with Gasteiger partial charge in [0.15, 0.2) is 0 Å². The maximum Gasteiger partial charge on any atom is 0.240 e. The molecule has 0 radical (unpaired) electrons. The largest absolute Gasteiger partial charge is 0.359 e. The van der Waals surface area contributed by atoms with E-state index in [-0.39, 0.29) is 29.7 Å². The number of anilines is 1. The number of aryl methyl sites for hydroxylation is 1. The summed E-state index contributed by atoms with van der Waals surface area (Å²) in [6.45, 7) is 5.27. The Bertz CT molecular complexity index is 769. The molecular formula is C15H21N3O4S. The zero-order chi connectivity index (χ0) is 17.4. The number of benzene rings is 1. The normalized spacial score (nSPS) is 15.9. The van der Waals surface area contributed by atoms with Crippen LogP contribution >= 0.6 is 0 Å². The molecule has 1 aromatic rings. The van der Waals surface area contributed by atoms with Crippen molar-refractivity contribution in [3.8, 4) is 0 Å². The smallest absolute Gasteiger partial charge is 0.240 e. The molecule has 8 heteroatoms. The maximum absolute atomic E-state index is 12.4. The topological polar surface area (TPSA) is 104 Å². The van der Waals surface area contributed by atoms with Crippen LogP contribution in [-0.2, 0) is 25.0 Å². The quantitative estimate of drug-likeness (QED) is 0.732. The van der Waals surface area contributed by atoms with Crippen molar-refractivity contribution in [2.75, 3.05) is 18.9 Å². The fourth-order valence-electron chi connectivity index (χ4n) is 2.47. The number of carbonyl (C=O) groups is 2. The molecule has 7 nitrogen and oxygen atoms in total. The summed E-state index contributed by atoms with van der Waals surface area (Å²) in [5.74, 6) is -0.397. The third kappa shape index (κ3) is 3.23. The molecule has 1 aliphatic rings. The number of hydrogen-bond donors (Lipinski definition) is 3. The lowest BCUT2D eigenvalue weighted by Crippen LogP contribution is -2.30. The molecule has 0 saturated carbocycles. The molecule has 3 N–H and O–H groups in total. The van der Waals surface area contributed by atoms with Gasteiger partial charge in [-0.25, -0.2) is 13.1 Å². The van der Waals surface area contributed by atoms with Crippen molar-refractivity contribution in [3.05, 3.63) is 23.3 Å². The fourth-order valence-corrected chi connectivity index (χ4v) is 3.61.